The number of Topliss-reactive ketones (excluding diaryl/α,β-unsaturated/α-hetero) is 1. The molecule has 3 rings (SSSR count). The zero-order valence-corrected chi connectivity index (χ0v) is 14.8. The summed E-state index contributed by atoms with van der Waals surface area (Å²) in [5.74, 6) is -0.904. The van der Waals surface area contributed by atoms with E-state index in [2.05, 4.69) is 5.32 Å². The van der Waals surface area contributed by atoms with E-state index in [1.807, 2.05) is 0 Å². The number of hydrogen-bond acceptors (Lipinski definition) is 5. The molecule has 0 aliphatic carbocycles. The van der Waals surface area contributed by atoms with Crippen molar-refractivity contribution in [3.63, 3.8) is 0 Å². The van der Waals surface area contributed by atoms with Crippen LogP contribution >= 0.6 is 11.6 Å². The van der Waals surface area contributed by atoms with E-state index in [-0.39, 0.29) is 16.5 Å². The number of imide groups is 1. The van der Waals surface area contributed by atoms with E-state index in [1.165, 1.54) is 14.0 Å². The minimum Gasteiger partial charge on any atom is -0.495 e. The van der Waals surface area contributed by atoms with Crippen LogP contribution in [0, 0.1) is 0 Å². The number of hydrogen-bond donors (Lipinski definition) is 1. The molecule has 0 bridgehead atoms. The molecule has 1 aliphatic rings. The lowest BCUT2D eigenvalue weighted by Gasteiger charge is -2.17. The Labute approximate surface area is 155 Å². The lowest BCUT2D eigenvalue weighted by Crippen LogP contribution is -2.32. The zero-order valence-electron chi connectivity index (χ0n) is 14.1. The van der Waals surface area contributed by atoms with Crippen molar-refractivity contribution in [1.82, 2.24) is 0 Å². The fourth-order valence-electron chi connectivity index (χ4n) is 2.58. The van der Waals surface area contributed by atoms with Crippen LogP contribution in [-0.4, -0.2) is 24.7 Å². The Morgan fingerprint density at radius 2 is 1.69 bits per heavy atom. The molecule has 26 heavy (non-hydrogen) atoms. The molecule has 0 aromatic heterocycles. The number of amides is 2. The number of nitrogens with zero attached hydrogens (tertiary/aromatic N) is 1. The topological polar surface area (TPSA) is 75.7 Å². The van der Waals surface area contributed by atoms with Crippen molar-refractivity contribution in [3.05, 3.63) is 64.8 Å². The van der Waals surface area contributed by atoms with Gasteiger partial charge in [0.25, 0.3) is 11.8 Å². The number of methoxy groups -OCH3 is 1. The molecule has 0 atom stereocenters. The largest absolute Gasteiger partial charge is 0.495 e. The Bertz CT molecular complexity index is 935. The average molecular weight is 371 g/mol. The first kappa shape index (κ1) is 17.7. The highest BCUT2D eigenvalue weighted by atomic mass is 35.5. The number of halogens is 1. The molecule has 0 radical (unpaired) electrons. The molecule has 132 valence electrons. The van der Waals surface area contributed by atoms with Gasteiger partial charge in [0.2, 0.25) is 0 Å². The Morgan fingerprint density at radius 1 is 1.04 bits per heavy atom. The van der Waals surface area contributed by atoms with Gasteiger partial charge >= 0.3 is 0 Å². The maximum Gasteiger partial charge on any atom is 0.283 e. The van der Waals surface area contributed by atoms with Gasteiger partial charge in [-0.1, -0.05) is 23.7 Å². The number of benzene rings is 2. The summed E-state index contributed by atoms with van der Waals surface area (Å²) in [5.41, 5.74) is 1.36. The fraction of sp³-hybridized carbons (Fsp3) is 0.105. The standard InChI is InChI=1S/C19H15ClN2O4/c1-11(23)12-7-9-13(10-8-12)21-17-16(20)18(24)22(19(17)25)14-5-3-4-6-15(14)26-2/h3-10,21H,1-2H3. The van der Waals surface area contributed by atoms with Gasteiger partial charge in [0, 0.05) is 11.3 Å². The van der Waals surface area contributed by atoms with Crippen LogP contribution in [0.1, 0.15) is 17.3 Å². The van der Waals surface area contributed by atoms with E-state index >= 15 is 0 Å². The van der Waals surface area contributed by atoms with Crippen LogP contribution in [0.2, 0.25) is 0 Å². The predicted molar refractivity (Wildman–Crippen MR) is 98.4 cm³/mol. The number of ketones is 1. The molecule has 6 nitrogen and oxygen atoms in total. The predicted octanol–water partition coefficient (Wildman–Crippen LogP) is 3.33. The van der Waals surface area contributed by atoms with Crippen LogP contribution in [-0.2, 0) is 9.59 Å². The number of anilines is 2. The van der Waals surface area contributed by atoms with E-state index in [9.17, 15) is 14.4 Å². The third-order valence-corrected chi connectivity index (χ3v) is 4.26. The first-order valence-corrected chi connectivity index (χ1v) is 8.11. The molecule has 0 unspecified atom stereocenters. The number of carbonyl (C=O) groups is 3. The average Bonchev–Trinajstić information content (AvgIpc) is 2.85. The lowest BCUT2D eigenvalue weighted by molar-refractivity contribution is -0.120. The van der Waals surface area contributed by atoms with Crippen LogP contribution in [0.15, 0.2) is 59.3 Å². The van der Waals surface area contributed by atoms with Gasteiger partial charge in [-0.05, 0) is 43.3 Å². The van der Waals surface area contributed by atoms with Gasteiger partial charge in [0.15, 0.2) is 5.78 Å². The Kier molecular flexibility index (Phi) is 4.77. The SMILES string of the molecule is COc1ccccc1N1C(=O)C(Cl)=C(Nc2ccc(C(C)=O)cc2)C1=O. The smallest absolute Gasteiger partial charge is 0.283 e. The number of carbonyl (C=O) groups excluding carboxylic acids is 3. The number of ether oxygens (including phenoxy) is 1. The van der Waals surface area contributed by atoms with Crippen molar-refractivity contribution in [2.45, 2.75) is 6.92 Å². The van der Waals surface area contributed by atoms with Gasteiger partial charge in [-0.2, -0.15) is 0 Å². The maximum atomic E-state index is 12.8. The van der Waals surface area contributed by atoms with E-state index in [0.29, 0.717) is 22.7 Å². The molecule has 1 N–H and O–H groups in total. The molecule has 1 aliphatic heterocycles. The van der Waals surface area contributed by atoms with Crippen molar-refractivity contribution in [1.29, 1.82) is 0 Å². The number of para-hydroxylation sites is 2. The quantitative estimate of drug-likeness (QED) is 0.645. The summed E-state index contributed by atoms with van der Waals surface area (Å²) in [6, 6.07) is 13.2. The van der Waals surface area contributed by atoms with E-state index in [1.54, 1.807) is 48.5 Å². The summed E-state index contributed by atoms with van der Waals surface area (Å²) < 4.78 is 5.22. The monoisotopic (exact) mass is 370 g/mol. The minimum atomic E-state index is -0.635. The Balaban J connectivity index is 1.90. The van der Waals surface area contributed by atoms with Gasteiger partial charge in [0.05, 0.1) is 12.8 Å². The summed E-state index contributed by atoms with van der Waals surface area (Å²) in [4.78, 5) is 37.6. The zero-order chi connectivity index (χ0) is 18.8. The highest BCUT2D eigenvalue weighted by Gasteiger charge is 2.40. The normalized spacial score (nSPS) is 14.0. The molecular formula is C19H15ClN2O4. The highest BCUT2D eigenvalue weighted by Crippen LogP contribution is 2.35. The first-order valence-electron chi connectivity index (χ1n) is 7.73. The first-order chi connectivity index (χ1) is 12.4. The molecule has 0 saturated heterocycles. The van der Waals surface area contributed by atoms with Crippen molar-refractivity contribution in [2.24, 2.45) is 0 Å². The van der Waals surface area contributed by atoms with Gasteiger partial charge in [-0.3, -0.25) is 14.4 Å². The molecular weight excluding hydrogens is 356 g/mol. The second-order valence-electron chi connectivity index (χ2n) is 5.57. The summed E-state index contributed by atoms with van der Waals surface area (Å²) in [5, 5.41) is 2.65. The van der Waals surface area contributed by atoms with Gasteiger partial charge < -0.3 is 10.1 Å². The fourth-order valence-corrected chi connectivity index (χ4v) is 2.79. The second kappa shape index (κ2) is 7.01. The molecule has 0 fully saturated rings. The van der Waals surface area contributed by atoms with E-state index in [4.69, 9.17) is 16.3 Å². The van der Waals surface area contributed by atoms with Crippen LogP contribution in [0.4, 0.5) is 11.4 Å². The number of rotatable bonds is 5. The maximum absolute atomic E-state index is 12.8. The summed E-state index contributed by atoms with van der Waals surface area (Å²) in [7, 11) is 1.45. The van der Waals surface area contributed by atoms with Gasteiger partial charge in [-0.25, -0.2) is 4.90 Å². The van der Waals surface area contributed by atoms with Crippen LogP contribution in [0.3, 0.4) is 0 Å². The van der Waals surface area contributed by atoms with E-state index in [0.717, 1.165) is 4.90 Å². The molecule has 7 heteroatoms. The van der Waals surface area contributed by atoms with Crippen molar-refractivity contribution < 1.29 is 19.1 Å². The lowest BCUT2D eigenvalue weighted by atomic mass is 10.1. The molecule has 1 heterocycles. The molecule has 0 spiro atoms. The van der Waals surface area contributed by atoms with Crippen LogP contribution < -0.4 is 15.0 Å². The second-order valence-corrected chi connectivity index (χ2v) is 5.94. The van der Waals surface area contributed by atoms with Crippen LogP contribution in [0.25, 0.3) is 0 Å². The van der Waals surface area contributed by atoms with Crippen LogP contribution in [0.5, 0.6) is 5.75 Å². The van der Waals surface area contributed by atoms with Crippen molar-refractivity contribution in [3.8, 4) is 5.75 Å². The number of nitrogens with one attached hydrogen (secondary N) is 1. The van der Waals surface area contributed by atoms with Crippen molar-refractivity contribution in [2.75, 3.05) is 17.3 Å². The molecule has 2 aromatic rings. The van der Waals surface area contributed by atoms with Crippen molar-refractivity contribution >= 4 is 40.6 Å². The summed E-state index contributed by atoms with van der Waals surface area (Å²) in [6.45, 7) is 1.46. The molecule has 0 saturated carbocycles. The third-order valence-electron chi connectivity index (χ3n) is 3.91. The third kappa shape index (κ3) is 3.07. The summed E-state index contributed by atoms with van der Waals surface area (Å²) >= 11 is 6.11. The van der Waals surface area contributed by atoms with E-state index < -0.39 is 11.8 Å². The summed E-state index contributed by atoms with van der Waals surface area (Å²) in [6.07, 6.45) is 0. The minimum absolute atomic E-state index is 0.0295. The van der Waals surface area contributed by atoms with Gasteiger partial charge in [0.1, 0.15) is 16.5 Å². The molecule has 2 amide bonds. The molecule has 2 aromatic carbocycles. The Hall–Kier alpha value is -3.12. The Morgan fingerprint density at radius 3 is 2.31 bits per heavy atom. The van der Waals surface area contributed by atoms with Gasteiger partial charge in [-0.15, -0.1) is 0 Å². The highest BCUT2D eigenvalue weighted by molar-refractivity contribution is 6.53.